The summed E-state index contributed by atoms with van der Waals surface area (Å²) in [6.45, 7) is 8.72. The zero-order valence-electron chi connectivity index (χ0n) is 17.9. The Labute approximate surface area is 173 Å². The first-order valence-electron chi connectivity index (χ1n) is 9.72. The Hall–Kier alpha value is -2.41. The third-order valence-electron chi connectivity index (χ3n) is 4.02. The van der Waals surface area contributed by atoms with Crippen molar-refractivity contribution in [2.75, 3.05) is 0 Å². The van der Waals surface area contributed by atoms with Crippen LogP contribution < -0.4 is 11.1 Å². The number of nitrogens with one attached hydrogen (secondary N) is 1. The van der Waals surface area contributed by atoms with E-state index in [1.807, 2.05) is 60.7 Å². The maximum absolute atomic E-state index is 11.7. The van der Waals surface area contributed by atoms with Crippen LogP contribution in [0.4, 0.5) is 4.79 Å². The summed E-state index contributed by atoms with van der Waals surface area (Å²) < 4.78 is 5.18. The molecule has 0 aromatic heterocycles. The van der Waals surface area contributed by atoms with Gasteiger partial charge in [0.25, 0.3) is 0 Å². The summed E-state index contributed by atoms with van der Waals surface area (Å²) in [6.07, 6.45) is -1.71. The number of carbonyl (C=O) groups is 1. The quantitative estimate of drug-likeness (QED) is 0.610. The molecule has 0 aliphatic carbocycles. The fourth-order valence-corrected chi connectivity index (χ4v) is 2.53. The Bertz CT molecular complexity index is 713. The van der Waals surface area contributed by atoms with E-state index >= 15 is 0 Å². The molecule has 4 atom stereocenters. The second-order valence-corrected chi connectivity index (χ2v) is 7.95. The van der Waals surface area contributed by atoms with E-state index < -0.39 is 29.9 Å². The molecule has 0 unspecified atom stereocenters. The van der Waals surface area contributed by atoms with Gasteiger partial charge >= 0.3 is 6.09 Å². The number of benzene rings is 2. The summed E-state index contributed by atoms with van der Waals surface area (Å²) in [5.41, 5.74) is 6.96. The lowest BCUT2D eigenvalue weighted by molar-refractivity contribution is 0.0436. The van der Waals surface area contributed by atoms with Crippen LogP contribution in [-0.4, -0.2) is 34.1 Å². The molecule has 29 heavy (non-hydrogen) atoms. The topological polar surface area (TPSA) is 105 Å². The molecule has 1 amide bonds. The number of hydrogen-bond acceptors (Lipinski definition) is 5. The Balaban J connectivity index is 0.000000326. The Morgan fingerprint density at radius 2 is 1.34 bits per heavy atom. The molecular formula is C23H34N2O4. The van der Waals surface area contributed by atoms with Crippen LogP contribution in [0.15, 0.2) is 60.7 Å². The van der Waals surface area contributed by atoms with E-state index in [4.69, 9.17) is 15.6 Å². The monoisotopic (exact) mass is 402 g/mol. The number of aliphatic hydroxyl groups is 2. The van der Waals surface area contributed by atoms with Gasteiger partial charge in [-0.25, -0.2) is 4.79 Å². The van der Waals surface area contributed by atoms with Gasteiger partial charge in [-0.1, -0.05) is 60.7 Å². The molecule has 2 rings (SSSR count). The van der Waals surface area contributed by atoms with Gasteiger partial charge in [-0.05, 0) is 45.7 Å². The Kier molecular flexibility index (Phi) is 9.81. The number of hydrogen-bond donors (Lipinski definition) is 4. The number of ether oxygens (including phenoxy) is 1. The maximum Gasteiger partial charge on any atom is 0.408 e. The maximum atomic E-state index is 11.7. The molecule has 0 radical (unpaired) electrons. The van der Waals surface area contributed by atoms with Crippen LogP contribution in [0.3, 0.4) is 0 Å². The molecule has 2 aromatic rings. The summed E-state index contributed by atoms with van der Waals surface area (Å²) in [5, 5.41) is 21.6. The molecule has 0 aliphatic heterocycles. The van der Waals surface area contributed by atoms with Crippen molar-refractivity contribution in [3.8, 4) is 0 Å². The van der Waals surface area contributed by atoms with Crippen molar-refractivity contribution >= 4 is 6.09 Å². The summed E-state index contributed by atoms with van der Waals surface area (Å²) >= 11 is 0. The fraction of sp³-hybridized carbons (Fsp3) is 0.435. The highest BCUT2D eigenvalue weighted by molar-refractivity contribution is 5.68. The van der Waals surface area contributed by atoms with Crippen molar-refractivity contribution in [3.63, 3.8) is 0 Å². The van der Waals surface area contributed by atoms with Gasteiger partial charge in [-0.3, -0.25) is 0 Å². The molecule has 0 aliphatic rings. The third-order valence-corrected chi connectivity index (χ3v) is 4.02. The average molecular weight is 403 g/mol. The van der Waals surface area contributed by atoms with Gasteiger partial charge in [0.15, 0.2) is 0 Å². The number of amides is 1. The fourth-order valence-electron chi connectivity index (χ4n) is 2.53. The number of rotatable bonds is 5. The first-order valence-corrected chi connectivity index (χ1v) is 9.72. The van der Waals surface area contributed by atoms with Crippen molar-refractivity contribution in [3.05, 3.63) is 71.8 Å². The Morgan fingerprint density at radius 3 is 1.72 bits per heavy atom. The normalized spacial score (nSPS) is 15.2. The van der Waals surface area contributed by atoms with Gasteiger partial charge in [0.05, 0.1) is 24.3 Å². The molecule has 0 fully saturated rings. The molecule has 0 heterocycles. The van der Waals surface area contributed by atoms with Crippen molar-refractivity contribution in [1.29, 1.82) is 0 Å². The van der Waals surface area contributed by atoms with Crippen molar-refractivity contribution in [1.82, 2.24) is 5.32 Å². The summed E-state index contributed by atoms with van der Waals surface area (Å²) in [4.78, 5) is 11.7. The van der Waals surface area contributed by atoms with E-state index in [9.17, 15) is 9.90 Å². The van der Waals surface area contributed by atoms with Crippen LogP contribution >= 0.6 is 0 Å². The summed E-state index contributed by atoms with van der Waals surface area (Å²) in [7, 11) is 0. The molecule has 0 bridgehead atoms. The number of alkyl carbamates (subject to hydrolysis) is 1. The van der Waals surface area contributed by atoms with Crippen LogP contribution in [0, 0.1) is 0 Å². The molecule has 2 aromatic carbocycles. The van der Waals surface area contributed by atoms with Crippen molar-refractivity contribution in [2.24, 2.45) is 5.73 Å². The second kappa shape index (κ2) is 11.6. The van der Waals surface area contributed by atoms with E-state index in [2.05, 4.69) is 5.32 Å². The van der Waals surface area contributed by atoms with E-state index in [0.717, 1.165) is 11.1 Å². The van der Waals surface area contributed by atoms with Crippen LogP contribution in [0.2, 0.25) is 0 Å². The predicted molar refractivity (Wildman–Crippen MR) is 115 cm³/mol. The molecule has 5 N–H and O–H groups in total. The minimum Gasteiger partial charge on any atom is -0.444 e. The first kappa shape index (κ1) is 24.6. The third kappa shape index (κ3) is 9.56. The molecule has 0 spiro atoms. The smallest absolute Gasteiger partial charge is 0.408 e. The van der Waals surface area contributed by atoms with Crippen LogP contribution in [-0.2, 0) is 4.74 Å². The number of nitrogens with two attached hydrogens (primary N) is 1. The zero-order chi connectivity index (χ0) is 22.0. The lowest BCUT2D eigenvalue weighted by Crippen LogP contribution is -2.38. The standard InChI is InChI=1S/C14H21NO3.C9H13NO/c1-10(16)12(11-8-6-5-7-9-11)15-13(17)18-14(2,3)4;1-7(11)9(10)8-5-3-2-4-6-8/h5-10,12,16H,1-4H3,(H,15,17);2-7,9,11H,10H2,1H3/t10-,12-;7-,9-/m11/s1. The highest BCUT2D eigenvalue weighted by atomic mass is 16.6. The van der Waals surface area contributed by atoms with Crippen molar-refractivity contribution in [2.45, 2.75) is 64.5 Å². The minimum atomic E-state index is -0.695. The average Bonchev–Trinajstić information content (AvgIpc) is 2.65. The van der Waals surface area contributed by atoms with Gasteiger partial charge in [0, 0.05) is 0 Å². The van der Waals surface area contributed by atoms with E-state index in [1.54, 1.807) is 34.6 Å². The van der Waals surface area contributed by atoms with Gasteiger partial charge in [-0.15, -0.1) is 0 Å². The largest absolute Gasteiger partial charge is 0.444 e. The zero-order valence-corrected chi connectivity index (χ0v) is 17.9. The first-order chi connectivity index (χ1) is 13.5. The molecule has 160 valence electrons. The SMILES string of the molecule is C[C@@H](O)[C@@H](N)c1ccccc1.C[C@@H](O)[C@@H](NC(=O)OC(C)(C)C)c1ccccc1. The van der Waals surface area contributed by atoms with Crippen LogP contribution in [0.5, 0.6) is 0 Å². The van der Waals surface area contributed by atoms with Crippen LogP contribution in [0.1, 0.15) is 57.8 Å². The minimum absolute atomic E-state index is 0.267. The highest BCUT2D eigenvalue weighted by Crippen LogP contribution is 2.18. The van der Waals surface area contributed by atoms with Crippen LogP contribution in [0.25, 0.3) is 0 Å². The lowest BCUT2D eigenvalue weighted by atomic mass is 10.0. The van der Waals surface area contributed by atoms with E-state index in [0.29, 0.717) is 0 Å². The highest BCUT2D eigenvalue weighted by Gasteiger charge is 2.23. The van der Waals surface area contributed by atoms with Gasteiger partial charge < -0.3 is 26.0 Å². The molecule has 6 nitrogen and oxygen atoms in total. The molecule has 0 saturated carbocycles. The summed E-state index contributed by atoms with van der Waals surface area (Å²) in [5.74, 6) is 0. The summed E-state index contributed by atoms with van der Waals surface area (Å²) in [6, 6.07) is 18.2. The molecule has 0 saturated heterocycles. The number of aliphatic hydroxyl groups excluding tert-OH is 2. The second-order valence-electron chi connectivity index (χ2n) is 7.95. The lowest BCUT2D eigenvalue weighted by Gasteiger charge is -2.25. The van der Waals surface area contributed by atoms with Crippen molar-refractivity contribution < 1.29 is 19.7 Å². The van der Waals surface area contributed by atoms with Gasteiger partial charge in [0.2, 0.25) is 0 Å². The van der Waals surface area contributed by atoms with E-state index in [1.165, 1.54) is 0 Å². The van der Waals surface area contributed by atoms with E-state index in [-0.39, 0.29) is 6.04 Å². The molecule has 6 heteroatoms. The molecular weight excluding hydrogens is 368 g/mol. The Morgan fingerprint density at radius 1 is 0.897 bits per heavy atom. The van der Waals surface area contributed by atoms with Gasteiger partial charge in [0.1, 0.15) is 5.60 Å². The number of carbonyl (C=O) groups excluding carboxylic acids is 1. The predicted octanol–water partition coefficient (Wildman–Crippen LogP) is 3.70. The van der Waals surface area contributed by atoms with Gasteiger partial charge in [-0.2, -0.15) is 0 Å².